The SMILES string of the molecule is CO[C@@H]1CN(C(=O)c2[nH]ccc2C2CC2)C[C@H]1c1cn[nH]n1. The van der Waals surface area contributed by atoms with Gasteiger partial charge in [-0.1, -0.05) is 0 Å². The van der Waals surface area contributed by atoms with Gasteiger partial charge in [-0.25, -0.2) is 0 Å². The van der Waals surface area contributed by atoms with E-state index in [2.05, 4.69) is 20.4 Å². The van der Waals surface area contributed by atoms with Crippen molar-refractivity contribution < 1.29 is 9.53 Å². The fourth-order valence-electron chi connectivity index (χ4n) is 3.31. The molecule has 0 aromatic carbocycles. The highest BCUT2D eigenvalue weighted by Gasteiger charge is 2.39. The number of aromatic amines is 2. The number of rotatable bonds is 4. The Morgan fingerprint density at radius 1 is 1.41 bits per heavy atom. The van der Waals surface area contributed by atoms with Crippen LogP contribution >= 0.6 is 0 Å². The molecule has 3 heterocycles. The number of carbonyl (C=O) groups excluding carboxylic acids is 1. The van der Waals surface area contributed by atoms with E-state index >= 15 is 0 Å². The van der Waals surface area contributed by atoms with Gasteiger partial charge in [0, 0.05) is 26.4 Å². The van der Waals surface area contributed by atoms with Gasteiger partial charge in [-0.15, -0.1) is 0 Å². The Hall–Kier alpha value is -2.15. The first kappa shape index (κ1) is 13.5. The normalized spacial score (nSPS) is 24.9. The summed E-state index contributed by atoms with van der Waals surface area (Å²) in [6.45, 7) is 1.18. The lowest BCUT2D eigenvalue weighted by Gasteiger charge is -2.16. The minimum atomic E-state index is -0.0478. The predicted octanol–water partition coefficient (Wildman–Crippen LogP) is 1.26. The molecule has 1 aliphatic heterocycles. The second-order valence-corrected chi connectivity index (χ2v) is 6.07. The monoisotopic (exact) mass is 301 g/mol. The van der Waals surface area contributed by atoms with E-state index in [-0.39, 0.29) is 17.9 Å². The van der Waals surface area contributed by atoms with Crippen molar-refractivity contribution in [3.63, 3.8) is 0 Å². The van der Waals surface area contributed by atoms with Gasteiger partial charge in [0.05, 0.1) is 23.9 Å². The van der Waals surface area contributed by atoms with E-state index in [0.717, 1.165) is 17.0 Å². The Morgan fingerprint density at radius 2 is 2.27 bits per heavy atom. The summed E-state index contributed by atoms with van der Waals surface area (Å²) in [6.07, 6.45) is 5.88. The molecule has 116 valence electrons. The molecular weight excluding hydrogens is 282 g/mol. The molecule has 0 unspecified atom stereocenters. The quantitative estimate of drug-likeness (QED) is 0.890. The summed E-state index contributed by atoms with van der Waals surface area (Å²) < 4.78 is 5.55. The Kier molecular flexibility index (Phi) is 3.22. The molecule has 1 aliphatic carbocycles. The number of aromatic nitrogens is 4. The maximum absolute atomic E-state index is 12.8. The molecule has 4 rings (SSSR count). The van der Waals surface area contributed by atoms with Crippen LogP contribution in [0.15, 0.2) is 18.5 Å². The maximum atomic E-state index is 12.8. The summed E-state index contributed by atoms with van der Waals surface area (Å²) in [5, 5.41) is 10.6. The van der Waals surface area contributed by atoms with Crippen molar-refractivity contribution in [1.82, 2.24) is 25.3 Å². The van der Waals surface area contributed by atoms with Crippen LogP contribution in [0.5, 0.6) is 0 Å². The average molecular weight is 301 g/mol. The zero-order valence-corrected chi connectivity index (χ0v) is 12.5. The Balaban J connectivity index is 1.55. The van der Waals surface area contributed by atoms with Crippen molar-refractivity contribution in [3.8, 4) is 0 Å². The fourth-order valence-corrected chi connectivity index (χ4v) is 3.31. The number of amides is 1. The molecular formula is C15H19N5O2. The second kappa shape index (κ2) is 5.24. The molecule has 2 fully saturated rings. The van der Waals surface area contributed by atoms with E-state index in [1.165, 1.54) is 12.8 Å². The molecule has 7 heteroatoms. The number of hydrogen-bond donors (Lipinski definition) is 2. The number of carbonyl (C=O) groups is 1. The van der Waals surface area contributed by atoms with Crippen molar-refractivity contribution in [2.45, 2.75) is 30.8 Å². The predicted molar refractivity (Wildman–Crippen MR) is 78.6 cm³/mol. The first-order valence-corrected chi connectivity index (χ1v) is 7.63. The van der Waals surface area contributed by atoms with Crippen molar-refractivity contribution in [2.24, 2.45) is 0 Å². The minimum Gasteiger partial charge on any atom is -0.379 e. The van der Waals surface area contributed by atoms with E-state index in [4.69, 9.17) is 4.74 Å². The summed E-state index contributed by atoms with van der Waals surface area (Å²) in [6, 6.07) is 2.03. The lowest BCUT2D eigenvalue weighted by Crippen LogP contribution is -2.30. The van der Waals surface area contributed by atoms with Gasteiger partial charge >= 0.3 is 0 Å². The third-order valence-electron chi connectivity index (χ3n) is 4.68. The number of likely N-dealkylation sites (tertiary alicyclic amines) is 1. The number of nitrogens with zero attached hydrogens (tertiary/aromatic N) is 3. The van der Waals surface area contributed by atoms with E-state index in [1.807, 2.05) is 17.2 Å². The van der Waals surface area contributed by atoms with Crippen LogP contribution in [0, 0.1) is 0 Å². The summed E-state index contributed by atoms with van der Waals surface area (Å²) in [4.78, 5) is 17.8. The number of H-pyrrole nitrogens is 2. The van der Waals surface area contributed by atoms with Crippen molar-refractivity contribution in [1.29, 1.82) is 0 Å². The summed E-state index contributed by atoms with van der Waals surface area (Å²) in [7, 11) is 1.68. The zero-order valence-electron chi connectivity index (χ0n) is 12.5. The van der Waals surface area contributed by atoms with E-state index in [9.17, 15) is 4.79 Å². The fraction of sp³-hybridized carbons (Fsp3) is 0.533. The molecule has 0 radical (unpaired) electrons. The molecule has 2 atom stereocenters. The zero-order chi connectivity index (χ0) is 15.1. The number of hydrogen-bond acceptors (Lipinski definition) is 4. The molecule has 2 aromatic rings. The topological polar surface area (TPSA) is 86.9 Å². The van der Waals surface area contributed by atoms with Crippen LogP contribution in [0.25, 0.3) is 0 Å². The second-order valence-electron chi connectivity index (χ2n) is 6.07. The largest absolute Gasteiger partial charge is 0.379 e. The van der Waals surface area contributed by atoms with Gasteiger partial charge in [0.2, 0.25) is 0 Å². The Bertz CT molecular complexity index is 661. The van der Waals surface area contributed by atoms with Gasteiger partial charge < -0.3 is 14.6 Å². The van der Waals surface area contributed by atoms with Gasteiger partial charge in [-0.3, -0.25) is 4.79 Å². The van der Waals surface area contributed by atoms with Gasteiger partial charge in [0.15, 0.2) is 0 Å². The van der Waals surface area contributed by atoms with Crippen LogP contribution in [0.4, 0.5) is 0 Å². The Morgan fingerprint density at radius 3 is 2.95 bits per heavy atom. The highest BCUT2D eigenvalue weighted by molar-refractivity contribution is 5.94. The Labute approximate surface area is 128 Å². The highest BCUT2D eigenvalue weighted by Crippen LogP contribution is 2.42. The summed E-state index contributed by atoms with van der Waals surface area (Å²) in [5.74, 6) is 0.671. The highest BCUT2D eigenvalue weighted by atomic mass is 16.5. The smallest absolute Gasteiger partial charge is 0.270 e. The molecule has 1 saturated carbocycles. The van der Waals surface area contributed by atoms with Gasteiger partial charge in [-0.05, 0) is 30.4 Å². The van der Waals surface area contributed by atoms with Crippen LogP contribution in [0.1, 0.15) is 46.4 Å². The van der Waals surface area contributed by atoms with Crippen LogP contribution in [0.2, 0.25) is 0 Å². The van der Waals surface area contributed by atoms with Gasteiger partial charge in [-0.2, -0.15) is 15.4 Å². The molecule has 22 heavy (non-hydrogen) atoms. The molecule has 2 N–H and O–H groups in total. The van der Waals surface area contributed by atoms with Gasteiger partial charge in [0.1, 0.15) is 5.69 Å². The summed E-state index contributed by atoms with van der Waals surface area (Å²) >= 11 is 0. The number of ether oxygens (including phenoxy) is 1. The van der Waals surface area contributed by atoms with Crippen LogP contribution < -0.4 is 0 Å². The van der Waals surface area contributed by atoms with E-state index in [1.54, 1.807) is 13.3 Å². The lowest BCUT2D eigenvalue weighted by atomic mass is 10.0. The number of nitrogens with one attached hydrogen (secondary N) is 2. The molecule has 2 aliphatic rings. The third-order valence-corrected chi connectivity index (χ3v) is 4.68. The van der Waals surface area contributed by atoms with Gasteiger partial charge in [0.25, 0.3) is 5.91 Å². The maximum Gasteiger partial charge on any atom is 0.270 e. The van der Waals surface area contributed by atoms with Crippen molar-refractivity contribution in [2.75, 3.05) is 20.2 Å². The number of methoxy groups -OCH3 is 1. The first-order valence-electron chi connectivity index (χ1n) is 7.63. The van der Waals surface area contributed by atoms with E-state index in [0.29, 0.717) is 19.0 Å². The average Bonchev–Trinajstić information content (AvgIpc) is 3.02. The van der Waals surface area contributed by atoms with Crippen LogP contribution in [0.3, 0.4) is 0 Å². The third kappa shape index (κ3) is 2.21. The van der Waals surface area contributed by atoms with Crippen molar-refractivity contribution in [3.05, 3.63) is 35.4 Å². The molecule has 1 amide bonds. The van der Waals surface area contributed by atoms with Crippen LogP contribution in [-0.4, -0.2) is 57.5 Å². The minimum absolute atomic E-state index is 0.0478. The first-order chi connectivity index (χ1) is 10.8. The van der Waals surface area contributed by atoms with Crippen molar-refractivity contribution >= 4 is 5.91 Å². The lowest BCUT2D eigenvalue weighted by molar-refractivity contribution is 0.0709. The molecule has 1 saturated heterocycles. The molecule has 7 nitrogen and oxygen atoms in total. The van der Waals surface area contributed by atoms with E-state index < -0.39 is 0 Å². The van der Waals surface area contributed by atoms with Crippen LogP contribution in [-0.2, 0) is 4.74 Å². The molecule has 0 spiro atoms. The summed E-state index contributed by atoms with van der Waals surface area (Å²) in [5.41, 5.74) is 2.73. The molecule has 0 bridgehead atoms. The molecule has 2 aromatic heterocycles. The standard InChI is InChI=1S/C15H19N5O2/c1-22-13-8-20(7-11(13)12-6-17-19-18-12)15(21)14-10(4-5-16-14)9-2-3-9/h4-6,9,11,13,16H,2-3,7-8H2,1H3,(H,17,18,19)/t11-,13+/m0/s1.